The van der Waals surface area contributed by atoms with Crippen LogP contribution in [0.2, 0.25) is 0 Å². The topological polar surface area (TPSA) is 65.5 Å². The van der Waals surface area contributed by atoms with Crippen molar-refractivity contribution in [3.63, 3.8) is 0 Å². The Morgan fingerprint density at radius 3 is 2.72 bits per heavy atom. The summed E-state index contributed by atoms with van der Waals surface area (Å²) in [5.41, 5.74) is 1.99. The van der Waals surface area contributed by atoms with Gasteiger partial charge in [-0.3, -0.25) is 4.79 Å². The molecule has 5 nitrogen and oxygen atoms in total. The van der Waals surface area contributed by atoms with Gasteiger partial charge in [-0.05, 0) is 42.9 Å². The number of benzene rings is 1. The van der Waals surface area contributed by atoms with Crippen LogP contribution in [0.15, 0.2) is 48.7 Å². The number of aliphatic hydroxyl groups is 1. The number of aliphatic hydroxyl groups excluding tert-OH is 1. The lowest BCUT2D eigenvalue weighted by Gasteiger charge is -2.21. The highest BCUT2D eigenvalue weighted by atomic mass is 16.3. The lowest BCUT2D eigenvalue weighted by molar-refractivity contribution is 0.0760. The Morgan fingerprint density at radius 2 is 2.00 bits per heavy atom. The molecule has 0 bridgehead atoms. The van der Waals surface area contributed by atoms with Crippen LogP contribution in [0.3, 0.4) is 0 Å². The lowest BCUT2D eigenvalue weighted by Crippen LogP contribution is -2.32. The highest BCUT2D eigenvalue weighted by Crippen LogP contribution is 2.28. The van der Waals surface area contributed by atoms with Crippen LogP contribution < -0.4 is 5.32 Å². The number of amides is 1. The van der Waals surface area contributed by atoms with Crippen molar-refractivity contribution in [2.45, 2.75) is 25.2 Å². The quantitative estimate of drug-likeness (QED) is 0.879. The molecule has 0 spiro atoms. The van der Waals surface area contributed by atoms with Crippen molar-refractivity contribution in [1.29, 1.82) is 0 Å². The van der Waals surface area contributed by atoms with Crippen molar-refractivity contribution < 1.29 is 9.90 Å². The zero-order valence-electron chi connectivity index (χ0n) is 14.4. The van der Waals surface area contributed by atoms with E-state index in [-0.39, 0.29) is 12.5 Å². The molecule has 3 rings (SSSR count). The van der Waals surface area contributed by atoms with E-state index in [9.17, 15) is 4.79 Å². The number of carbonyl (C=O) groups is 1. The Labute approximate surface area is 148 Å². The Balaban J connectivity index is 1.61. The minimum atomic E-state index is 0.0509. The van der Waals surface area contributed by atoms with Gasteiger partial charge in [0.15, 0.2) is 0 Å². The molecule has 1 atom stereocenters. The van der Waals surface area contributed by atoms with Gasteiger partial charge < -0.3 is 15.3 Å². The first-order valence-corrected chi connectivity index (χ1v) is 8.93. The van der Waals surface area contributed by atoms with E-state index in [2.05, 4.69) is 34.6 Å². The number of likely N-dealkylation sites (tertiary alicyclic amines) is 1. The molecule has 1 saturated heterocycles. The standard InChI is InChI=1S/C20H25N3O2/c24-14-11-21-19-9-8-18(15-22-19)20(25)23-12-4-7-17(10-13-23)16-5-2-1-3-6-16/h1-3,5-6,8-9,15,17,24H,4,7,10-14H2,(H,21,22)/t17-/m1/s1. The molecule has 2 aromatic rings. The number of pyridine rings is 1. The monoisotopic (exact) mass is 339 g/mol. The number of nitrogens with zero attached hydrogens (tertiary/aromatic N) is 2. The van der Waals surface area contributed by atoms with Gasteiger partial charge in [-0.1, -0.05) is 30.3 Å². The van der Waals surface area contributed by atoms with Crippen LogP contribution in [0.4, 0.5) is 5.82 Å². The normalized spacial score (nSPS) is 17.8. The van der Waals surface area contributed by atoms with Crippen molar-refractivity contribution in [2.75, 3.05) is 31.6 Å². The third-order valence-electron chi connectivity index (χ3n) is 4.71. The van der Waals surface area contributed by atoms with Gasteiger partial charge in [0.25, 0.3) is 5.91 Å². The van der Waals surface area contributed by atoms with E-state index in [0.29, 0.717) is 23.8 Å². The predicted molar refractivity (Wildman–Crippen MR) is 98.8 cm³/mol. The van der Waals surface area contributed by atoms with Crippen molar-refractivity contribution in [1.82, 2.24) is 9.88 Å². The molecule has 25 heavy (non-hydrogen) atoms. The molecular formula is C20H25N3O2. The van der Waals surface area contributed by atoms with Gasteiger partial charge in [-0.25, -0.2) is 4.98 Å². The van der Waals surface area contributed by atoms with E-state index < -0.39 is 0 Å². The smallest absolute Gasteiger partial charge is 0.255 e. The molecule has 2 N–H and O–H groups in total. The minimum Gasteiger partial charge on any atom is -0.395 e. The summed E-state index contributed by atoms with van der Waals surface area (Å²) in [5, 5.41) is 11.8. The van der Waals surface area contributed by atoms with E-state index in [1.165, 1.54) is 5.56 Å². The molecular weight excluding hydrogens is 314 g/mol. The summed E-state index contributed by atoms with van der Waals surface area (Å²) in [6, 6.07) is 14.2. The molecule has 5 heteroatoms. The fourth-order valence-corrected chi connectivity index (χ4v) is 3.35. The van der Waals surface area contributed by atoms with E-state index in [1.54, 1.807) is 18.3 Å². The van der Waals surface area contributed by atoms with E-state index in [4.69, 9.17) is 5.11 Å². The second-order valence-electron chi connectivity index (χ2n) is 6.41. The third kappa shape index (κ3) is 4.57. The summed E-state index contributed by atoms with van der Waals surface area (Å²) in [6.07, 6.45) is 4.76. The van der Waals surface area contributed by atoms with Crippen LogP contribution in [0.1, 0.15) is 41.1 Å². The van der Waals surface area contributed by atoms with Gasteiger partial charge in [-0.2, -0.15) is 0 Å². The summed E-state index contributed by atoms with van der Waals surface area (Å²) in [7, 11) is 0. The fourth-order valence-electron chi connectivity index (χ4n) is 3.35. The number of hydrogen-bond donors (Lipinski definition) is 2. The molecule has 0 saturated carbocycles. The highest BCUT2D eigenvalue weighted by molar-refractivity contribution is 5.94. The predicted octanol–water partition coefficient (Wildman–Crippen LogP) is 2.90. The summed E-state index contributed by atoms with van der Waals surface area (Å²) in [6.45, 7) is 2.08. The van der Waals surface area contributed by atoms with Gasteiger partial charge in [0, 0.05) is 25.8 Å². The minimum absolute atomic E-state index is 0.0509. The van der Waals surface area contributed by atoms with Crippen LogP contribution >= 0.6 is 0 Å². The molecule has 0 unspecified atom stereocenters. The van der Waals surface area contributed by atoms with Crippen LogP contribution in [0, 0.1) is 0 Å². The van der Waals surface area contributed by atoms with E-state index >= 15 is 0 Å². The van der Waals surface area contributed by atoms with Gasteiger partial charge in [0.2, 0.25) is 0 Å². The molecule has 1 aliphatic rings. The molecule has 1 aromatic heterocycles. The summed E-state index contributed by atoms with van der Waals surface area (Å²) in [4.78, 5) is 18.9. The van der Waals surface area contributed by atoms with Gasteiger partial charge in [0.1, 0.15) is 5.82 Å². The SMILES string of the molecule is O=C(c1ccc(NCCO)nc1)N1CCC[C@@H](c2ccccc2)CC1. The molecule has 1 aliphatic heterocycles. The highest BCUT2D eigenvalue weighted by Gasteiger charge is 2.22. The first-order chi connectivity index (χ1) is 12.3. The van der Waals surface area contributed by atoms with E-state index in [1.807, 2.05) is 11.0 Å². The molecule has 0 aliphatic carbocycles. The summed E-state index contributed by atoms with van der Waals surface area (Å²) < 4.78 is 0. The Morgan fingerprint density at radius 1 is 1.16 bits per heavy atom. The largest absolute Gasteiger partial charge is 0.395 e. The maximum absolute atomic E-state index is 12.7. The third-order valence-corrected chi connectivity index (χ3v) is 4.71. The number of anilines is 1. The molecule has 132 valence electrons. The number of aromatic nitrogens is 1. The maximum atomic E-state index is 12.7. The van der Waals surface area contributed by atoms with Crippen molar-refractivity contribution in [3.05, 3.63) is 59.8 Å². The van der Waals surface area contributed by atoms with Crippen LogP contribution in [-0.4, -0.2) is 47.1 Å². The Bertz CT molecular complexity index is 673. The molecule has 1 aromatic carbocycles. The molecule has 1 amide bonds. The average Bonchev–Trinajstić information content (AvgIpc) is 2.93. The van der Waals surface area contributed by atoms with Crippen molar-refractivity contribution in [2.24, 2.45) is 0 Å². The Hall–Kier alpha value is -2.40. The first kappa shape index (κ1) is 17.4. The average molecular weight is 339 g/mol. The maximum Gasteiger partial charge on any atom is 0.255 e. The second kappa shape index (κ2) is 8.62. The zero-order valence-corrected chi connectivity index (χ0v) is 14.4. The Kier molecular flexibility index (Phi) is 6.01. The van der Waals surface area contributed by atoms with Gasteiger partial charge in [0.05, 0.1) is 12.2 Å². The molecule has 1 fully saturated rings. The van der Waals surface area contributed by atoms with Crippen molar-refractivity contribution in [3.8, 4) is 0 Å². The zero-order chi connectivity index (χ0) is 17.5. The number of nitrogens with one attached hydrogen (secondary N) is 1. The lowest BCUT2D eigenvalue weighted by atomic mass is 9.92. The first-order valence-electron chi connectivity index (χ1n) is 8.93. The number of rotatable bonds is 5. The number of hydrogen-bond acceptors (Lipinski definition) is 4. The van der Waals surface area contributed by atoms with Gasteiger partial charge in [-0.15, -0.1) is 0 Å². The molecule has 2 heterocycles. The van der Waals surface area contributed by atoms with Gasteiger partial charge >= 0.3 is 0 Å². The number of carbonyl (C=O) groups excluding carboxylic acids is 1. The second-order valence-corrected chi connectivity index (χ2v) is 6.41. The fraction of sp³-hybridized carbons (Fsp3) is 0.400. The van der Waals surface area contributed by atoms with Crippen LogP contribution in [-0.2, 0) is 0 Å². The summed E-state index contributed by atoms with van der Waals surface area (Å²) in [5.74, 6) is 1.25. The van der Waals surface area contributed by atoms with Crippen LogP contribution in [0.25, 0.3) is 0 Å². The summed E-state index contributed by atoms with van der Waals surface area (Å²) >= 11 is 0. The van der Waals surface area contributed by atoms with E-state index in [0.717, 1.165) is 32.4 Å². The van der Waals surface area contributed by atoms with Crippen molar-refractivity contribution >= 4 is 11.7 Å². The molecule has 0 radical (unpaired) electrons. The van der Waals surface area contributed by atoms with Crippen LogP contribution in [0.5, 0.6) is 0 Å².